The summed E-state index contributed by atoms with van der Waals surface area (Å²) in [6.07, 6.45) is 6.79. The zero-order valence-corrected chi connectivity index (χ0v) is 23.2. The monoisotopic (exact) mass is 538 g/mol. The predicted octanol–water partition coefficient (Wildman–Crippen LogP) is 3.78. The third-order valence-electron chi connectivity index (χ3n) is 8.55. The fraction of sp³-hybridized carbons (Fsp3) is 0.419. The Morgan fingerprint density at radius 1 is 0.925 bits per heavy atom. The van der Waals surface area contributed by atoms with E-state index >= 15 is 0 Å². The molecule has 9 nitrogen and oxygen atoms in total. The second-order valence-corrected chi connectivity index (χ2v) is 11.1. The Kier molecular flexibility index (Phi) is 7.75. The van der Waals surface area contributed by atoms with Gasteiger partial charge in [-0.25, -0.2) is 14.6 Å². The molecule has 3 N–H and O–H groups in total. The van der Waals surface area contributed by atoms with Crippen LogP contribution in [0.2, 0.25) is 0 Å². The molecule has 2 aromatic carbocycles. The van der Waals surface area contributed by atoms with E-state index in [-0.39, 0.29) is 11.9 Å². The van der Waals surface area contributed by atoms with Gasteiger partial charge in [-0.05, 0) is 56.8 Å². The van der Waals surface area contributed by atoms with E-state index in [0.29, 0.717) is 24.0 Å². The lowest BCUT2D eigenvalue weighted by Crippen LogP contribution is -2.49. The molecule has 1 amide bonds. The van der Waals surface area contributed by atoms with Gasteiger partial charge in [0.1, 0.15) is 17.8 Å². The molecule has 0 bridgehead atoms. The average molecular weight is 539 g/mol. The van der Waals surface area contributed by atoms with E-state index in [4.69, 9.17) is 10.8 Å². The molecule has 2 fully saturated rings. The molecule has 0 radical (unpaired) electrons. The van der Waals surface area contributed by atoms with Gasteiger partial charge in [-0.2, -0.15) is 5.10 Å². The van der Waals surface area contributed by atoms with Crippen LogP contribution in [0, 0.1) is 0 Å². The minimum absolute atomic E-state index is 0.0853. The van der Waals surface area contributed by atoms with Crippen LogP contribution in [0.1, 0.15) is 47.6 Å². The number of hydrogen-bond donors (Lipinski definition) is 2. The molecule has 1 saturated heterocycles. The summed E-state index contributed by atoms with van der Waals surface area (Å²) in [4.78, 5) is 26.7. The highest BCUT2D eigenvalue weighted by atomic mass is 16.1. The molecule has 2 aliphatic rings. The maximum Gasteiger partial charge on any atom is 0.251 e. The largest absolute Gasteiger partial charge is 0.383 e. The fourth-order valence-electron chi connectivity index (χ4n) is 6.15. The first-order valence-electron chi connectivity index (χ1n) is 14.4. The number of piperazine rings is 1. The van der Waals surface area contributed by atoms with Gasteiger partial charge >= 0.3 is 0 Å². The van der Waals surface area contributed by atoms with Crippen molar-refractivity contribution in [1.82, 2.24) is 34.9 Å². The minimum atomic E-state index is -0.0853. The van der Waals surface area contributed by atoms with Crippen LogP contribution in [0.5, 0.6) is 0 Å². The number of carbonyl (C=O) groups excluding carboxylic acids is 1. The third-order valence-corrected chi connectivity index (χ3v) is 8.55. The van der Waals surface area contributed by atoms with E-state index in [1.165, 1.54) is 24.7 Å². The molecule has 40 heavy (non-hydrogen) atoms. The first-order chi connectivity index (χ1) is 19.6. The zero-order valence-electron chi connectivity index (χ0n) is 23.2. The van der Waals surface area contributed by atoms with Gasteiger partial charge in [0.15, 0.2) is 5.65 Å². The average Bonchev–Trinajstić information content (AvgIpc) is 3.39. The zero-order chi connectivity index (χ0) is 27.5. The number of nitrogen functional groups attached to an aromatic ring is 1. The molecule has 0 spiro atoms. The maximum atomic E-state index is 12.7. The number of nitrogens with zero attached hydrogens (tertiary/aromatic N) is 6. The minimum Gasteiger partial charge on any atom is -0.383 e. The number of likely N-dealkylation sites (N-methyl/N-ethyl adjacent to an activating group) is 1. The van der Waals surface area contributed by atoms with Crippen molar-refractivity contribution in [2.24, 2.45) is 0 Å². The summed E-state index contributed by atoms with van der Waals surface area (Å²) in [6, 6.07) is 18.7. The Morgan fingerprint density at radius 3 is 2.35 bits per heavy atom. The summed E-state index contributed by atoms with van der Waals surface area (Å²) in [7, 11) is 2.21. The van der Waals surface area contributed by atoms with Crippen LogP contribution in [0.25, 0.3) is 22.3 Å². The van der Waals surface area contributed by atoms with E-state index in [1.54, 1.807) is 0 Å². The van der Waals surface area contributed by atoms with Gasteiger partial charge < -0.3 is 16.0 Å². The lowest BCUT2D eigenvalue weighted by molar-refractivity contribution is 0.0815. The third kappa shape index (κ3) is 5.57. The lowest BCUT2D eigenvalue weighted by Gasteiger charge is -2.41. The molecule has 0 atom stereocenters. The van der Waals surface area contributed by atoms with E-state index in [2.05, 4.69) is 48.9 Å². The number of aromatic nitrogens is 4. The first kappa shape index (κ1) is 26.4. The molecule has 1 aliphatic carbocycles. The summed E-state index contributed by atoms with van der Waals surface area (Å²) in [5.41, 5.74) is 10.6. The van der Waals surface area contributed by atoms with Crippen LogP contribution in [0.15, 0.2) is 60.9 Å². The number of nitrogens with two attached hydrogens (primary N) is 1. The number of benzene rings is 2. The number of fused-ring (bicyclic) bond motifs is 1. The van der Waals surface area contributed by atoms with Gasteiger partial charge in [-0.3, -0.25) is 9.69 Å². The van der Waals surface area contributed by atoms with Crippen molar-refractivity contribution in [2.75, 3.05) is 45.5 Å². The Hall–Kier alpha value is -3.82. The van der Waals surface area contributed by atoms with E-state index in [9.17, 15) is 4.79 Å². The Labute approximate surface area is 235 Å². The molecule has 6 rings (SSSR count). The predicted molar refractivity (Wildman–Crippen MR) is 158 cm³/mol. The Balaban J connectivity index is 1.16. The standard InChI is InChI=1S/C31H38N8O/c1-37-17-19-38(20-18-37)25-11-13-26(14-12-25)39-30-27(29(32)34-21-35-30)28(36-39)23-7-9-24(10-8-23)31(40)33-16-15-22-5-3-2-4-6-22/h2-10,21,25-26H,11-20H2,1H3,(H,33,40)(H2,32,34,35). The molecule has 208 valence electrons. The van der Waals surface area contributed by atoms with Crippen LogP contribution in [-0.4, -0.2) is 81.3 Å². The van der Waals surface area contributed by atoms with Crippen molar-refractivity contribution in [3.63, 3.8) is 0 Å². The van der Waals surface area contributed by atoms with E-state index in [1.807, 2.05) is 42.5 Å². The number of anilines is 1. The number of amides is 1. The molecule has 3 heterocycles. The van der Waals surface area contributed by atoms with Crippen molar-refractivity contribution >= 4 is 22.8 Å². The molecular weight excluding hydrogens is 500 g/mol. The number of carbonyl (C=O) groups is 1. The van der Waals surface area contributed by atoms with E-state index < -0.39 is 0 Å². The molecule has 1 aliphatic heterocycles. The van der Waals surface area contributed by atoms with E-state index in [0.717, 1.165) is 67.7 Å². The second-order valence-electron chi connectivity index (χ2n) is 11.1. The topological polar surface area (TPSA) is 105 Å². The Bertz CT molecular complexity index is 1440. The van der Waals surface area contributed by atoms with Crippen LogP contribution in [0.4, 0.5) is 5.82 Å². The van der Waals surface area contributed by atoms with Gasteiger partial charge in [-0.15, -0.1) is 0 Å². The summed E-state index contributed by atoms with van der Waals surface area (Å²) in [6.45, 7) is 5.20. The number of nitrogens with one attached hydrogen (secondary N) is 1. The summed E-state index contributed by atoms with van der Waals surface area (Å²) in [5, 5.41) is 8.86. The molecule has 2 aromatic heterocycles. The number of hydrogen-bond acceptors (Lipinski definition) is 7. The number of rotatable bonds is 7. The first-order valence-corrected chi connectivity index (χ1v) is 14.4. The maximum absolute atomic E-state index is 12.7. The van der Waals surface area contributed by atoms with Crippen LogP contribution >= 0.6 is 0 Å². The molecule has 1 saturated carbocycles. The van der Waals surface area contributed by atoms with Crippen molar-refractivity contribution in [2.45, 2.75) is 44.2 Å². The molecular formula is C31H38N8O. The van der Waals surface area contributed by atoms with Crippen LogP contribution in [-0.2, 0) is 6.42 Å². The quantitative estimate of drug-likeness (QED) is 0.369. The van der Waals surface area contributed by atoms with Crippen molar-refractivity contribution in [3.05, 3.63) is 72.1 Å². The van der Waals surface area contributed by atoms with Gasteiger partial charge in [0.05, 0.1) is 11.4 Å². The van der Waals surface area contributed by atoms with Gasteiger partial charge in [0, 0.05) is 49.9 Å². The molecule has 4 aromatic rings. The van der Waals surface area contributed by atoms with Gasteiger partial charge in [0.25, 0.3) is 5.91 Å². The molecule has 0 unspecified atom stereocenters. The summed E-state index contributed by atoms with van der Waals surface area (Å²) < 4.78 is 2.08. The smallest absolute Gasteiger partial charge is 0.251 e. The normalized spacial score (nSPS) is 20.5. The lowest BCUT2D eigenvalue weighted by atomic mass is 9.90. The van der Waals surface area contributed by atoms with Crippen LogP contribution < -0.4 is 11.1 Å². The fourth-order valence-corrected chi connectivity index (χ4v) is 6.15. The van der Waals surface area contributed by atoms with Crippen molar-refractivity contribution in [1.29, 1.82) is 0 Å². The van der Waals surface area contributed by atoms with Crippen molar-refractivity contribution < 1.29 is 4.79 Å². The van der Waals surface area contributed by atoms with Gasteiger partial charge in [-0.1, -0.05) is 42.5 Å². The second kappa shape index (κ2) is 11.7. The SMILES string of the molecule is CN1CCN(C2CCC(n3nc(-c4ccc(C(=O)NCCc5ccccc5)cc4)c4c(N)ncnc43)CC2)CC1. The van der Waals surface area contributed by atoms with Gasteiger partial charge in [0.2, 0.25) is 0 Å². The Morgan fingerprint density at radius 2 is 1.62 bits per heavy atom. The highest BCUT2D eigenvalue weighted by Gasteiger charge is 2.30. The van der Waals surface area contributed by atoms with Crippen LogP contribution in [0.3, 0.4) is 0 Å². The summed E-state index contributed by atoms with van der Waals surface area (Å²) >= 11 is 0. The highest BCUT2D eigenvalue weighted by Crippen LogP contribution is 2.37. The highest BCUT2D eigenvalue weighted by molar-refractivity contribution is 5.99. The molecule has 9 heteroatoms. The summed E-state index contributed by atoms with van der Waals surface area (Å²) in [5.74, 6) is 0.345. The van der Waals surface area contributed by atoms with Crippen molar-refractivity contribution in [3.8, 4) is 11.3 Å².